The van der Waals surface area contributed by atoms with E-state index in [1.165, 1.54) is 37.6 Å². The van der Waals surface area contributed by atoms with Crippen LogP contribution in [0.25, 0.3) is 11.2 Å². The van der Waals surface area contributed by atoms with Gasteiger partial charge in [-0.05, 0) is 13.8 Å². The Hall–Kier alpha value is -2.95. The zero-order valence-corrected chi connectivity index (χ0v) is 14.6. The summed E-state index contributed by atoms with van der Waals surface area (Å²) in [5.74, 6) is 0.502. The fourth-order valence-corrected chi connectivity index (χ4v) is 2.94. The number of hydrogen-bond acceptors (Lipinski definition) is 9. The van der Waals surface area contributed by atoms with Gasteiger partial charge in [-0.25, -0.2) is 19.9 Å². The fourth-order valence-electron chi connectivity index (χ4n) is 1.92. The van der Waals surface area contributed by atoms with Gasteiger partial charge in [0.2, 0.25) is 17.8 Å². The molecule has 0 aliphatic carbocycles. The Kier molecular flexibility index (Phi) is 4.40. The number of nitrogens with one attached hydrogen (secondary N) is 2. The molecule has 11 heteroatoms. The average molecular weight is 360 g/mol. The second kappa shape index (κ2) is 6.51. The molecule has 10 nitrogen and oxygen atoms in total. The number of carbonyl (C=O) groups is 1. The van der Waals surface area contributed by atoms with Crippen LogP contribution in [0.5, 0.6) is 5.75 Å². The summed E-state index contributed by atoms with van der Waals surface area (Å²) in [6.07, 6.45) is 4.45. The number of nitrogens with zero attached hydrogens (tertiary/aromatic N) is 5. The van der Waals surface area contributed by atoms with Crippen molar-refractivity contribution in [3.05, 3.63) is 18.7 Å². The van der Waals surface area contributed by atoms with Crippen LogP contribution in [0.4, 0.5) is 11.9 Å². The van der Waals surface area contributed by atoms with Gasteiger partial charge in [-0.2, -0.15) is 4.98 Å². The van der Waals surface area contributed by atoms with Gasteiger partial charge in [-0.1, -0.05) is 11.8 Å². The average Bonchev–Trinajstić information content (AvgIpc) is 3.03. The molecule has 0 unspecified atom stereocenters. The van der Waals surface area contributed by atoms with Crippen LogP contribution in [0.15, 0.2) is 23.7 Å². The number of H-pyrrole nitrogens is 1. The normalized spacial score (nSPS) is 11.5. The Bertz CT molecular complexity index is 909. The Morgan fingerprint density at radius 1 is 1.28 bits per heavy atom. The van der Waals surface area contributed by atoms with Crippen molar-refractivity contribution in [1.82, 2.24) is 29.9 Å². The number of anilines is 2. The van der Waals surface area contributed by atoms with Crippen LogP contribution >= 0.6 is 11.8 Å². The van der Waals surface area contributed by atoms with Gasteiger partial charge in [0.1, 0.15) is 10.5 Å². The molecule has 0 aliphatic rings. The molecule has 3 aromatic heterocycles. The molecule has 0 bridgehead atoms. The Morgan fingerprint density at radius 2 is 2.00 bits per heavy atom. The minimum absolute atomic E-state index is 0.0943. The van der Waals surface area contributed by atoms with Gasteiger partial charge < -0.3 is 15.5 Å². The maximum Gasteiger partial charge on any atom is 0.242 e. The Labute approximate surface area is 147 Å². The molecule has 0 spiro atoms. The first kappa shape index (κ1) is 16.9. The van der Waals surface area contributed by atoms with Crippen molar-refractivity contribution in [2.75, 3.05) is 18.2 Å². The van der Waals surface area contributed by atoms with E-state index >= 15 is 0 Å². The summed E-state index contributed by atoms with van der Waals surface area (Å²) in [6, 6.07) is 0. The van der Waals surface area contributed by atoms with Gasteiger partial charge in [0.25, 0.3) is 0 Å². The van der Waals surface area contributed by atoms with E-state index < -0.39 is 4.75 Å². The van der Waals surface area contributed by atoms with E-state index in [1.54, 1.807) is 13.8 Å². The van der Waals surface area contributed by atoms with E-state index in [0.717, 1.165) is 0 Å². The quantitative estimate of drug-likeness (QED) is 0.452. The molecule has 3 aromatic rings. The number of rotatable bonds is 5. The predicted octanol–water partition coefficient (Wildman–Crippen LogP) is 1.24. The predicted molar refractivity (Wildman–Crippen MR) is 93.2 cm³/mol. The van der Waals surface area contributed by atoms with E-state index in [2.05, 4.69) is 35.2 Å². The molecular weight excluding hydrogens is 344 g/mol. The van der Waals surface area contributed by atoms with Crippen LogP contribution in [0.3, 0.4) is 0 Å². The number of imidazole rings is 1. The number of nitrogens with two attached hydrogens (primary N) is 1. The van der Waals surface area contributed by atoms with E-state index in [1.807, 2.05) is 0 Å². The molecule has 130 valence electrons. The minimum atomic E-state index is -0.873. The van der Waals surface area contributed by atoms with Crippen LogP contribution in [0, 0.1) is 0 Å². The lowest BCUT2D eigenvalue weighted by Crippen LogP contribution is -2.34. The lowest BCUT2D eigenvalue weighted by molar-refractivity contribution is -0.117. The van der Waals surface area contributed by atoms with Crippen LogP contribution in [0.2, 0.25) is 0 Å². The summed E-state index contributed by atoms with van der Waals surface area (Å²) in [7, 11) is 1.51. The molecule has 1 amide bonds. The summed E-state index contributed by atoms with van der Waals surface area (Å²) in [5.41, 5.74) is 6.78. The van der Waals surface area contributed by atoms with Crippen LogP contribution in [-0.2, 0) is 4.79 Å². The highest BCUT2D eigenvalue weighted by atomic mass is 32.2. The third-order valence-corrected chi connectivity index (χ3v) is 4.44. The first-order valence-electron chi connectivity index (χ1n) is 7.22. The molecule has 0 saturated heterocycles. The molecule has 3 rings (SSSR count). The first-order valence-corrected chi connectivity index (χ1v) is 8.04. The lowest BCUT2D eigenvalue weighted by Gasteiger charge is -2.22. The zero-order chi connectivity index (χ0) is 18.0. The van der Waals surface area contributed by atoms with Gasteiger partial charge >= 0.3 is 0 Å². The summed E-state index contributed by atoms with van der Waals surface area (Å²) in [6.45, 7) is 3.52. The molecule has 0 aromatic carbocycles. The Balaban J connectivity index is 1.79. The number of aromatic nitrogens is 6. The van der Waals surface area contributed by atoms with Crippen molar-refractivity contribution in [3.63, 3.8) is 0 Å². The van der Waals surface area contributed by atoms with Gasteiger partial charge in [-0.3, -0.25) is 10.1 Å². The van der Waals surface area contributed by atoms with Crippen molar-refractivity contribution in [2.24, 2.45) is 0 Å². The molecule has 3 heterocycles. The highest BCUT2D eigenvalue weighted by Gasteiger charge is 2.31. The number of aromatic amines is 1. The molecule has 4 N–H and O–H groups in total. The summed E-state index contributed by atoms with van der Waals surface area (Å²) in [4.78, 5) is 35.9. The van der Waals surface area contributed by atoms with Gasteiger partial charge in [0.05, 0.1) is 30.6 Å². The molecule has 0 fully saturated rings. The highest BCUT2D eigenvalue weighted by molar-refractivity contribution is 8.01. The second-order valence-electron chi connectivity index (χ2n) is 5.50. The Morgan fingerprint density at radius 3 is 2.68 bits per heavy atom. The van der Waals surface area contributed by atoms with Crippen molar-refractivity contribution in [1.29, 1.82) is 0 Å². The smallest absolute Gasteiger partial charge is 0.242 e. The molecule has 0 radical (unpaired) electrons. The second-order valence-corrected chi connectivity index (χ2v) is 7.11. The van der Waals surface area contributed by atoms with E-state index in [-0.39, 0.29) is 17.8 Å². The summed E-state index contributed by atoms with van der Waals surface area (Å²) < 4.78 is 4.11. The van der Waals surface area contributed by atoms with Crippen molar-refractivity contribution in [2.45, 2.75) is 23.6 Å². The van der Waals surface area contributed by atoms with Crippen molar-refractivity contribution < 1.29 is 9.53 Å². The van der Waals surface area contributed by atoms with Crippen molar-refractivity contribution in [3.8, 4) is 5.75 Å². The number of ether oxygens (including phenoxy) is 1. The van der Waals surface area contributed by atoms with Crippen molar-refractivity contribution >= 4 is 40.7 Å². The fraction of sp³-hybridized carbons (Fsp3) is 0.286. The summed E-state index contributed by atoms with van der Waals surface area (Å²) in [5, 5.41) is 3.21. The largest absolute Gasteiger partial charge is 0.494 e. The molecule has 0 atom stereocenters. The molecule has 25 heavy (non-hydrogen) atoms. The lowest BCUT2D eigenvalue weighted by atomic mass is 10.2. The van der Waals surface area contributed by atoms with Crippen LogP contribution in [0.1, 0.15) is 13.8 Å². The topological polar surface area (TPSA) is 145 Å². The number of thioether (sulfide) groups is 1. The van der Waals surface area contributed by atoms with Gasteiger partial charge in [-0.15, -0.1) is 0 Å². The number of nitrogen functional groups attached to an aromatic ring is 1. The number of hydrogen-bond donors (Lipinski definition) is 3. The first-order chi connectivity index (χ1) is 11.9. The standard InChI is InChI=1S/C14H16N8O2S/c1-14(2,11(23)22-13-16-4-7(24-3)5-17-13)25-10-8-9(19-6-18-8)20-12(15)21-10/h4-6H,1-3H3,(H,16,17,22,23)(H3,15,18,19,20,21). The number of amides is 1. The number of methoxy groups -OCH3 is 1. The SMILES string of the molecule is COc1cnc(NC(=O)C(C)(C)Sc2nc(N)nc3nc[nH]c23)nc1. The third kappa shape index (κ3) is 3.60. The third-order valence-electron chi connectivity index (χ3n) is 3.26. The number of fused-ring (bicyclic) bond motifs is 1. The maximum absolute atomic E-state index is 12.6. The molecular formula is C14H16N8O2S. The van der Waals surface area contributed by atoms with E-state index in [9.17, 15) is 4.79 Å². The van der Waals surface area contributed by atoms with Crippen LogP contribution in [-0.4, -0.2) is 47.7 Å². The zero-order valence-electron chi connectivity index (χ0n) is 13.8. The van der Waals surface area contributed by atoms with E-state index in [0.29, 0.717) is 21.9 Å². The summed E-state index contributed by atoms with van der Waals surface area (Å²) >= 11 is 1.23. The minimum Gasteiger partial charge on any atom is -0.494 e. The molecule has 0 aliphatic heterocycles. The van der Waals surface area contributed by atoms with Gasteiger partial charge in [0, 0.05) is 0 Å². The van der Waals surface area contributed by atoms with Crippen LogP contribution < -0.4 is 15.8 Å². The highest BCUT2D eigenvalue weighted by Crippen LogP contribution is 2.35. The van der Waals surface area contributed by atoms with E-state index in [4.69, 9.17) is 10.5 Å². The monoisotopic (exact) mass is 360 g/mol. The number of carbonyl (C=O) groups excluding carboxylic acids is 1. The molecule has 0 saturated carbocycles. The maximum atomic E-state index is 12.6. The van der Waals surface area contributed by atoms with Gasteiger partial charge in [0.15, 0.2) is 11.4 Å².